The smallest absolute Gasteiger partial charge is 0.0914 e. The molecular weight excluding hydrogens is 174 g/mol. The summed E-state index contributed by atoms with van der Waals surface area (Å²) in [6, 6.07) is 10.2. The second-order valence-electron chi connectivity index (χ2n) is 3.23. The van der Waals surface area contributed by atoms with Gasteiger partial charge in [0.2, 0.25) is 0 Å². The zero-order chi connectivity index (χ0) is 9.97. The van der Waals surface area contributed by atoms with E-state index in [-0.39, 0.29) is 0 Å². The van der Waals surface area contributed by atoms with E-state index < -0.39 is 0 Å². The van der Waals surface area contributed by atoms with Gasteiger partial charge in [-0.15, -0.1) is 5.10 Å². The summed E-state index contributed by atoms with van der Waals surface area (Å²) in [6.45, 7) is 2.09. The summed E-state index contributed by atoms with van der Waals surface area (Å²) in [5, 5.41) is 8.15. The van der Waals surface area contributed by atoms with E-state index in [0.29, 0.717) is 0 Å². The minimum Gasteiger partial charge on any atom is -0.247 e. The molecule has 14 heavy (non-hydrogen) atoms. The van der Waals surface area contributed by atoms with E-state index in [0.717, 1.165) is 17.8 Å². The average molecular weight is 187 g/mol. The van der Waals surface area contributed by atoms with Gasteiger partial charge in [0.25, 0.3) is 0 Å². The maximum atomic E-state index is 4.12. The van der Waals surface area contributed by atoms with Crippen LogP contribution in [0.2, 0.25) is 0 Å². The summed E-state index contributed by atoms with van der Waals surface area (Å²) < 4.78 is 1.83. The highest BCUT2D eigenvalue weighted by molar-refractivity contribution is 5.61. The second kappa shape index (κ2) is 3.62. The van der Waals surface area contributed by atoms with Gasteiger partial charge in [-0.1, -0.05) is 42.5 Å². The van der Waals surface area contributed by atoms with Gasteiger partial charge in [0.15, 0.2) is 0 Å². The molecule has 2 aromatic rings. The van der Waals surface area contributed by atoms with Gasteiger partial charge in [-0.2, -0.15) is 0 Å². The topological polar surface area (TPSA) is 30.7 Å². The molecule has 72 valence electrons. The summed E-state index contributed by atoms with van der Waals surface area (Å²) in [6.07, 6.45) is 0.915. The van der Waals surface area contributed by atoms with Gasteiger partial charge >= 0.3 is 0 Å². The minimum atomic E-state index is 0.915. The maximum Gasteiger partial charge on any atom is 0.0914 e. The van der Waals surface area contributed by atoms with Crippen LogP contribution in [0.1, 0.15) is 12.6 Å². The number of aryl methyl sites for hydroxylation is 2. The van der Waals surface area contributed by atoms with Gasteiger partial charge in [-0.3, -0.25) is 0 Å². The Hall–Kier alpha value is -1.64. The van der Waals surface area contributed by atoms with Crippen molar-refractivity contribution in [3.8, 4) is 11.3 Å². The first-order valence-electron chi connectivity index (χ1n) is 4.77. The normalized spacial score (nSPS) is 10.4. The lowest BCUT2D eigenvalue weighted by atomic mass is 10.1. The fourth-order valence-corrected chi connectivity index (χ4v) is 1.59. The molecule has 3 nitrogen and oxygen atoms in total. The molecule has 0 saturated carbocycles. The van der Waals surface area contributed by atoms with Crippen molar-refractivity contribution in [2.75, 3.05) is 0 Å². The molecule has 0 N–H and O–H groups in total. The minimum absolute atomic E-state index is 0.915. The Bertz CT molecular complexity index is 417. The lowest BCUT2D eigenvalue weighted by molar-refractivity contribution is 0.718. The first kappa shape index (κ1) is 8.94. The average Bonchev–Trinajstić information content (AvgIpc) is 2.61. The Morgan fingerprint density at radius 3 is 2.57 bits per heavy atom. The van der Waals surface area contributed by atoms with Gasteiger partial charge in [-0.25, -0.2) is 4.68 Å². The van der Waals surface area contributed by atoms with Crippen molar-refractivity contribution in [2.24, 2.45) is 7.05 Å². The van der Waals surface area contributed by atoms with E-state index >= 15 is 0 Å². The number of rotatable bonds is 2. The maximum absolute atomic E-state index is 4.12. The van der Waals surface area contributed by atoms with Crippen LogP contribution in [0.3, 0.4) is 0 Å². The number of hydrogen-bond acceptors (Lipinski definition) is 2. The van der Waals surface area contributed by atoms with Crippen LogP contribution in [0.15, 0.2) is 30.3 Å². The first-order valence-corrected chi connectivity index (χ1v) is 4.77. The van der Waals surface area contributed by atoms with Crippen LogP contribution >= 0.6 is 0 Å². The monoisotopic (exact) mass is 187 g/mol. The highest BCUT2D eigenvalue weighted by atomic mass is 15.4. The van der Waals surface area contributed by atoms with Crippen LogP contribution in [-0.4, -0.2) is 15.0 Å². The van der Waals surface area contributed by atoms with Crippen LogP contribution in [-0.2, 0) is 13.5 Å². The van der Waals surface area contributed by atoms with Crippen molar-refractivity contribution in [2.45, 2.75) is 13.3 Å². The Labute approximate surface area is 83.4 Å². The standard InChI is InChI=1S/C11H13N3/c1-3-10-11(14(2)13-12-10)9-7-5-4-6-8-9/h4-8H,3H2,1-2H3. The van der Waals surface area contributed by atoms with Gasteiger partial charge in [0.1, 0.15) is 0 Å². The molecule has 0 aliphatic heterocycles. The lowest BCUT2D eigenvalue weighted by Crippen LogP contribution is -1.94. The fraction of sp³-hybridized carbons (Fsp3) is 0.273. The van der Waals surface area contributed by atoms with E-state index in [1.165, 1.54) is 5.56 Å². The van der Waals surface area contributed by atoms with Crippen molar-refractivity contribution >= 4 is 0 Å². The van der Waals surface area contributed by atoms with E-state index in [4.69, 9.17) is 0 Å². The van der Waals surface area contributed by atoms with Gasteiger partial charge in [0.05, 0.1) is 11.4 Å². The summed E-state index contributed by atoms with van der Waals surface area (Å²) in [5.41, 5.74) is 3.35. The van der Waals surface area contributed by atoms with Crippen molar-refractivity contribution in [3.63, 3.8) is 0 Å². The molecule has 0 aliphatic rings. The van der Waals surface area contributed by atoms with Crippen LogP contribution in [0.5, 0.6) is 0 Å². The molecule has 0 amide bonds. The van der Waals surface area contributed by atoms with Crippen molar-refractivity contribution in [1.82, 2.24) is 15.0 Å². The van der Waals surface area contributed by atoms with E-state index in [1.807, 2.05) is 29.9 Å². The SMILES string of the molecule is CCc1nnn(C)c1-c1ccccc1. The number of nitrogens with zero attached hydrogens (tertiary/aromatic N) is 3. The van der Waals surface area contributed by atoms with E-state index in [1.54, 1.807) is 0 Å². The predicted molar refractivity (Wildman–Crippen MR) is 55.8 cm³/mol. The molecule has 2 rings (SSSR count). The Kier molecular flexibility index (Phi) is 2.31. The van der Waals surface area contributed by atoms with Gasteiger partial charge in [0, 0.05) is 12.6 Å². The van der Waals surface area contributed by atoms with Crippen LogP contribution < -0.4 is 0 Å². The third-order valence-electron chi connectivity index (χ3n) is 2.28. The molecule has 0 fully saturated rings. The fourth-order valence-electron chi connectivity index (χ4n) is 1.59. The first-order chi connectivity index (χ1) is 6.83. The lowest BCUT2D eigenvalue weighted by Gasteiger charge is -2.02. The zero-order valence-corrected chi connectivity index (χ0v) is 8.44. The summed E-state index contributed by atoms with van der Waals surface area (Å²) >= 11 is 0. The molecule has 0 bridgehead atoms. The summed E-state index contributed by atoms with van der Waals surface area (Å²) in [4.78, 5) is 0. The van der Waals surface area contributed by atoms with Crippen LogP contribution in [0, 0.1) is 0 Å². The molecule has 1 aromatic heterocycles. The second-order valence-corrected chi connectivity index (χ2v) is 3.23. The molecule has 0 spiro atoms. The van der Waals surface area contributed by atoms with Gasteiger partial charge < -0.3 is 0 Å². The molecule has 1 aromatic carbocycles. The Morgan fingerprint density at radius 1 is 1.21 bits per heavy atom. The third kappa shape index (κ3) is 1.41. The van der Waals surface area contributed by atoms with Gasteiger partial charge in [-0.05, 0) is 6.42 Å². The largest absolute Gasteiger partial charge is 0.247 e. The molecule has 3 heteroatoms. The molecule has 1 heterocycles. The molecule has 0 aliphatic carbocycles. The quantitative estimate of drug-likeness (QED) is 0.720. The molecule has 0 saturated heterocycles. The van der Waals surface area contributed by atoms with Crippen molar-refractivity contribution < 1.29 is 0 Å². The van der Waals surface area contributed by atoms with Crippen LogP contribution in [0.4, 0.5) is 0 Å². The number of hydrogen-bond donors (Lipinski definition) is 0. The molecule has 0 atom stereocenters. The van der Waals surface area contributed by atoms with Crippen LogP contribution in [0.25, 0.3) is 11.3 Å². The van der Waals surface area contributed by atoms with E-state index in [2.05, 4.69) is 29.4 Å². The van der Waals surface area contributed by atoms with E-state index in [9.17, 15) is 0 Å². The van der Waals surface area contributed by atoms with Crippen molar-refractivity contribution in [1.29, 1.82) is 0 Å². The molecular formula is C11H13N3. The Balaban J connectivity index is 2.55. The highest BCUT2D eigenvalue weighted by Gasteiger charge is 2.09. The predicted octanol–water partition coefficient (Wildman–Crippen LogP) is 2.04. The third-order valence-corrected chi connectivity index (χ3v) is 2.28. The van der Waals surface area contributed by atoms with Crippen molar-refractivity contribution in [3.05, 3.63) is 36.0 Å². The molecule has 0 unspecified atom stereocenters. The zero-order valence-electron chi connectivity index (χ0n) is 8.44. The Morgan fingerprint density at radius 2 is 1.93 bits per heavy atom. The highest BCUT2D eigenvalue weighted by Crippen LogP contribution is 2.20. The summed E-state index contributed by atoms with van der Waals surface area (Å²) in [5.74, 6) is 0. The number of aromatic nitrogens is 3. The summed E-state index contributed by atoms with van der Waals surface area (Å²) in [7, 11) is 1.93. The number of benzene rings is 1. The molecule has 0 radical (unpaired) electrons.